The van der Waals surface area contributed by atoms with Crippen molar-refractivity contribution in [1.29, 1.82) is 0 Å². The Morgan fingerprint density at radius 2 is 1.73 bits per heavy atom. The van der Waals surface area contributed by atoms with Gasteiger partial charge in [-0.3, -0.25) is 4.98 Å². The summed E-state index contributed by atoms with van der Waals surface area (Å²) in [5.41, 5.74) is 4.66. The third kappa shape index (κ3) is 3.36. The molecule has 0 saturated carbocycles. The summed E-state index contributed by atoms with van der Waals surface area (Å²) in [7, 11) is 0. The summed E-state index contributed by atoms with van der Waals surface area (Å²) in [6.45, 7) is 0. The molecule has 0 spiro atoms. The second-order valence-electron chi connectivity index (χ2n) is 5.91. The average Bonchev–Trinajstić information content (AvgIpc) is 3.09. The smallest absolute Gasteiger partial charge is 0.111 e. The van der Waals surface area contributed by atoms with Crippen LogP contribution in [0.4, 0.5) is 0 Å². The number of hydrogen-bond acceptors (Lipinski definition) is 2. The van der Waals surface area contributed by atoms with E-state index >= 15 is 0 Å². The summed E-state index contributed by atoms with van der Waals surface area (Å²) in [5, 5.41) is 1.04. The van der Waals surface area contributed by atoms with Gasteiger partial charge < -0.3 is 4.98 Å². The van der Waals surface area contributed by atoms with Crippen molar-refractivity contribution in [2.75, 3.05) is 0 Å². The molecular formula is C21H15Cl2N3. The van der Waals surface area contributed by atoms with Crippen molar-refractivity contribution < 1.29 is 0 Å². The zero-order chi connectivity index (χ0) is 17.9. The summed E-state index contributed by atoms with van der Waals surface area (Å²) in [5.74, 6) is 0.850. The molecule has 2 aromatic carbocycles. The number of aromatic amines is 1. The SMILES string of the molecule is Clc1cccc(-c2[nH]c(Cc3cccnc3)nc2-c2ccccc2)c1Cl. The summed E-state index contributed by atoms with van der Waals surface area (Å²) in [6, 6.07) is 19.6. The Labute approximate surface area is 161 Å². The molecule has 0 atom stereocenters. The highest BCUT2D eigenvalue weighted by Crippen LogP contribution is 2.37. The van der Waals surface area contributed by atoms with E-state index in [2.05, 4.69) is 9.97 Å². The van der Waals surface area contributed by atoms with E-state index < -0.39 is 0 Å². The molecule has 2 aromatic heterocycles. The van der Waals surface area contributed by atoms with Crippen LogP contribution in [-0.4, -0.2) is 15.0 Å². The van der Waals surface area contributed by atoms with Crippen LogP contribution in [0.15, 0.2) is 73.1 Å². The van der Waals surface area contributed by atoms with E-state index in [1.54, 1.807) is 12.3 Å². The van der Waals surface area contributed by atoms with Gasteiger partial charge in [-0.05, 0) is 17.7 Å². The van der Waals surface area contributed by atoms with Crippen LogP contribution in [-0.2, 0) is 6.42 Å². The Morgan fingerprint density at radius 1 is 0.885 bits per heavy atom. The van der Waals surface area contributed by atoms with Crippen molar-refractivity contribution in [1.82, 2.24) is 15.0 Å². The van der Waals surface area contributed by atoms with Gasteiger partial charge in [-0.1, -0.05) is 71.7 Å². The maximum Gasteiger partial charge on any atom is 0.111 e. The quantitative estimate of drug-likeness (QED) is 0.469. The molecule has 0 aliphatic heterocycles. The second kappa shape index (κ2) is 7.32. The van der Waals surface area contributed by atoms with E-state index in [9.17, 15) is 0 Å². The number of aromatic nitrogens is 3. The molecule has 3 nitrogen and oxygen atoms in total. The summed E-state index contributed by atoms with van der Waals surface area (Å²) in [6.07, 6.45) is 4.26. The highest BCUT2D eigenvalue weighted by Gasteiger charge is 2.17. The van der Waals surface area contributed by atoms with Gasteiger partial charge in [-0.25, -0.2) is 4.98 Å². The molecule has 0 amide bonds. The van der Waals surface area contributed by atoms with Crippen LogP contribution in [0, 0.1) is 0 Å². The summed E-state index contributed by atoms with van der Waals surface area (Å²) >= 11 is 12.7. The minimum atomic E-state index is 0.517. The number of H-pyrrole nitrogens is 1. The van der Waals surface area contributed by atoms with Gasteiger partial charge in [0.2, 0.25) is 0 Å². The fraction of sp³-hybridized carbons (Fsp3) is 0.0476. The van der Waals surface area contributed by atoms with E-state index in [0.717, 1.165) is 33.9 Å². The van der Waals surface area contributed by atoms with Gasteiger partial charge in [0.1, 0.15) is 5.82 Å². The van der Waals surface area contributed by atoms with Crippen LogP contribution < -0.4 is 0 Å². The Balaban J connectivity index is 1.85. The van der Waals surface area contributed by atoms with Gasteiger partial charge in [0, 0.05) is 29.9 Å². The highest BCUT2D eigenvalue weighted by atomic mass is 35.5. The normalized spacial score (nSPS) is 10.8. The molecule has 1 N–H and O–H groups in total. The Bertz CT molecular complexity index is 1030. The molecule has 4 rings (SSSR count). The van der Waals surface area contributed by atoms with E-state index in [0.29, 0.717) is 16.5 Å². The molecule has 0 unspecified atom stereocenters. The number of halogens is 2. The van der Waals surface area contributed by atoms with E-state index in [4.69, 9.17) is 28.2 Å². The second-order valence-corrected chi connectivity index (χ2v) is 6.70. The van der Waals surface area contributed by atoms with Gasteiger partial charge in [-0.15, -0.1) is 0 Å². The van der Waals surface area contributed by atoms with Gasteiger partial charge in [0.25, 0.3) is 0 Å². The molecule has 0 bridgehead atoms. The van der Waals surface area contributed by atoms with Crippen molar-refractivity contribution in [3.63, 3.8) is 0 Å². The van der Waals surface area contributed by atoms with E-state index in [1.165, 1.54) is 0 Å². The lowest BCUT2D eigenvalue weighted by atomic mass is 10.1. The zero-order valence-corrected chi connectivity index (χ0v) is 15.3. The first-order valence-electron chi connectivity index (χ1n) is 8.20. The standard InChI is InChI=1S/C21H15Cl2N3/c22-17-10-4-9-16(19(17)23)21-20(15-7-2-1-3-8-15)25-18(26-21)12-14-6-5-11-24-13-14/h1-11,13H,12H2,(H,25,26). The minimum absolute atomic E-state index is 0.517. The number of benzene rings is 2. The Kier molecular flexibility index (Phi) is 4.74. The average molecular weight is 380 g/mol. The molecule has 0 aliphatic rings. The van der Waals surface area contributed by atoms with Crippen LogP contribution in [0.3, 0.4) is 0 Å². The topological polar surface area (TPSA) is 41.6 Å². The maximum atomic E-state index is 6.47. The fourth-order valence-electron chi connectivity index (χ4n) is 2.90. The third-order valence-corrected chi connectivity index (χ3v) is 4.93. The first kappa shape index (κ1) is 16.8. The molecule has 128 valence electrons. The molecular weight excluding hydrogens is 365 g/mol. The molecule has 0 aliphatic carbocycles. The Morgan fingerprint density at radius 3 is 2.50 bits per heavy atom. The van der Waals surface area contributed by atoms with Gasteiger partial charge >= 0.3 is 0 Å². The number of nitrogens with one attached hydrogen (secondary N) is 1. The Hall–Kier alpha value is -2.62. The van der Waals surface area contributed by atoms with Gasteiger partial charge in [-0.2, -0.15) is 0 Å². The molecule has 2 heterocycles. The van der Waals surface area contributed by atoms with Gasteiger partial charge in [0.15, 0.2) is 0 Å². The zero-order valence-electron chi connectivity index (χ0n) is 13.8. The van der Waals surface area contributed by atoms with Crippen LogP contribution in [0.1, 0.15) is 11.4 Å². The van der Waals surface area contributed by atoms with Crippen LogP contribution in [0.5, 0.6) is 0 Å². The lowest BCUT2D eigenvalue weighted by Crippen LogP contribution is -1.91. The van der Waals surface area contributed by atoms with Crippen molar-refractivity contribution in [2.24, 2.45) is 0 Å². The number of imidazole rings is 1. The van der Waals surface area contributed by atoms with E-state index in [1.807, 2.05) is 60.8 Å². The lowest BCUT2D eigenvalue weighted by Gasteiger charge is -2.06. The van der Waals surface area contributed by atoms with E-state index in [-0.39, 0.29) is 0 Å². The monoisotopic (exact) mass is 379 g/mol. The number of pyridine rings is 1. The first-order valence-corrected chi connectivity index (χ1v) is 8.95. The molecule has 0 saturated heterocycles. The predicted octanol–water partition coefficient (Wildman–Crippen LogP) is 6.04. The number of rotatable bonds is 4. The molecule has 5 heteroatoms. The maximum absolute atomic E-state index is 6.47. The van der Waals surface area contributed by atoms with Crippen molar-refractivity contribution in [3.05, 3.63) is 94.5 Å². The van der Waals surface area contributed by atoms with Gasteiger partial charge in [0.05, 0.1) is 21.4 Å². The summed E-state index contributed by atoms with van der Waals surface area (Å²) in [4.78, 5) is 12.4. The van der Waals surface area contributed by atoms with Crippen molar-refractivity contribution in [2.45, 2.75) is 6.42 Å². The van der Waals surface area contributed by atoms with Crippen LogP contribution in [0.2, 0.25) is 10.0 Å². The summed E-state index contributed by atoms with van der Waals surface area (Å²) < 4.78 is 0. The van der Waals surface area contributed by atoms with Crippen molar-refractivity contribution in [3.8, 4) is 22.5 Å². The van der Waals surface area contributed by atoms with Crippen LogP contribution >= 0.6 is 23.2 Å². The van der Waals surface area contributed by atoms with Crippen molar-refractivity contribution >= 4 is 23.2 Å². The third-order valence-electron chi connectivity index (χ3n) is 4.12. The largest absolute Gasteiger partial charge is 0.341 e. The minimum Gasteiger partial charge on any atom is -0.341 e. The first-order chi connectivity index (χ1) is 12.7. The van der Waals surface area contributed by atoms with Crippen LogP contribution in [0.25, 0.3) is 22.5 Å². The molecule has 0 fully saturated rings. The molecule has 26 heavy (non-hydrogen) atoms. The number of hydrogen-bond donors (Lipinski definition) is 1. The predicted molar refractivity (Wildman–Crippen MR) is 107 cm³/mol. The number of nitrogens with zero attached hydrogens (tertiary/aromatic N) is 2. The highest BCUT2D eigenvalue weighted by molar-refractivity contribution is 6.43. The lowest BCUT2D eigenvalue weighted by molar-refractivity contribution is 1.02. The molecule has 4 aromatic rings. The fourth-order valence-corrected chi connectivity index (χ4v) is 3.29. The molecule has 0 radical (unpaired) electrons.